The lowest BCUT2D eigenvalue weighted by Crippen LogP contribution is -2.52. The van der Waals surface area contributed by atoms with Gasteiger partial charge in [0.05, 0.1) is 17.1 Å². The molecule has 2 aromatic rings. The minimum Gasteiger partial charge on any atom is -0.376 e. The molecule has 1 fully saturated rings. The molecule has 0 spiro atoms. The highest BCUT2D eigenvalue weighted by Crippen LogP contribution is 2.36. The van der Waals surface area contributed by atoms with E-state index >= 15 is 0 Å². The second kappa shape index (κ2) is 8.91. The number of nitrogens with zero attached hydrogens (tertiary/aromatic N) is 3. The Morgan fingerprint density at radius 3 is 2.33 bits per heavy atom. The molecule has 0 aliphatic carbocycles. The maximum absolute atomic E-state index is 13.4. The number of amides is 2. The summed E-state index contributed by atoms with van der Waals surface area (Å²) in [6.45, 7) is 2.27. The molecule has 162 valence electrons. The molecule has 0 unspecified atom stereocenters. The Kier molecular flexibility index (Phi) is 6.68. The van der Waals surface area contributed by atoms with Gasteiger partial charge in [0, 0.05) is 62.4 Å². The third kappa shape index (κ3) is 4.45. The van der Waals surface area contributed by atoms with Gasteiger partial charge in [-0.1, -0.05) is 18.2 Å². The summed E-state index contributed by atoms with van der Waals surface area (Å²) in [6.07, 6.45) is 0. The fourth-order valence-electron chi connectivity index (χ4n) is 3.59. The number of rotatable bonds is 5. The van der Waals surface area contributed by atoms with E-state index in [9.17, 15) is 18.0 Å². The van der Waals surface area contributed by atoms with Crippen molar-refractivity contribution in [1.29, 1.82) is 0 Å². The van der Waals surface area contributed by atoms with Crippen LogP contribution in [-0.2, 0) is 19.6 Å². The highest BCUT2D eigenvalue weighted by molar-refractivity contribution is 9.10. The van der Waals surface area contributed by atoms with Gasteiger partial charge in [0.25, 0.3) is 0 Å². The first-order valence-electron chi connectivity index (χ1n) is 9.54. The molecular formula is C20H25BrN4O4S. The average molecular weight is 497 g/mol. The molecule has 1 aliphatic heterocycles. The van der Waals surface area contributed by atoms with Crippen molar-refractivity contribution in [3.05, 3.63) is 34.8 Å². The largest absolute Gasteiger partial charge is 0.376 e. The quantitative estimate of drug-likeness (QED) is 0.679. The van der Waals surface area contributed by atoms with Crippen molar-refractivity contribution in [1.82, 2.24) is 14.5 Å². The van der Waals surface area contributed by atoms with Crippen molar-refractivity contribution < 1.29 is 18.0 Å². The average Bonchev–Trinajstić information content (AvgIpc) is 2.71. The van der Waals surface area contributed by atoms with Gasteiger partial charge in [-0.3, -0.25) is 9.59 Å². The van der Waals surface area contributed by atoms with E-state index in [0.717, 1.165) is 15.5 Å². The van der Waals surface area contributed by atoms with Crippen LogP contribution in [0.2, 0.25) is 0 Å². The molecular weight excluding hydrogens is 472 g/mol. The Labute approximate surface area is 185 Å². The molecule has 30 heavy (non-hydrogen) atoms. The zero-order valence-corrected chi connectivity index (χ0v) is 19.6. The van der Waals surface area contributed by atoms with Gasteiger partial charge < -0.3 is 15.1 Å². The van der Waals surface area contributed by atoms with Crippen LogP contribution >= 0.6 is 15.9 Å². The van der Waals surface area contributed by atoms with Crippen LogP contribution < -0.4 is 10.2 Å². The van der Waals surface area contributed by atoms with Gasteiger partial charge in [-0.2, -0.15) is 4.31 Å². The van der Waals surface area contributed by atoms with E-state index < -0.39 is 10.0 Å². The molecule has 0 saturated carbocycles. The van der Waals surface area contributed by atoms with Gasteiger partial charge in [-0.25, -0.2) is 8.42 Å². The third-order valence-corrected chi connectivity index (χ3v) is 7.69. The summed E-state index contributed by atoms with van der Waals surface area (Å²) in [4.78, 5) is 26.9. The zero-order valence-electron chi connectivity index (χ0n) is 17.2. The number of sulfonamides is 1. The minimum atomic E-state index is -3.73. The van der Waals surface area contributed by atoms with E-state index in [2.05, 4.69) is 21.2 Å². The Morgan fingerprint density at radius 2 is 1.73 bits per heavy atom. The van der Waals surface area contributed by atoms with Crippen molar-refractivity contribution in [3.63, 3.8) is 0 Å². The molecule has 0 atom stereocenters. The number of benzene rings is 2. The first-order chi connectivity index (χ1) is 14.1. The highest BCUT2D eigenvalue weighted by Gasteiger charge is 2.31. The first-order valence-corrected chi connectivity index (χ1v) is 11.8. The van der Waals surface area contributed by atoms with Crippen LogP contribution in [0.1, 0.15) is 6.92 Å². The van der Waals surface area contributed by atoms with Crippen molar-refractivity contribution in [2.75, 3.05) is 51.7 Å². The van der Waals surface area contributed by atoms with Crippen LogP contribution in [0.15, 0.2) is 39.7 Å². The Morgan fingerprint density at radius 1 is 1.07 bits per heavy atom. The Hall–Kier alpha value is -2.17. The topological polar surface area (TPSA) is 90.0 Å². The predicted octanol–water partition coefficient (Wildman–Crippen LogP) is 1.64. The summed E-state index contributed by atoms with van der Waals surface area (Å²) in [5, 5.41) is 3.99. The van der Waals surface area contributed by atoms with Crippen molar-refractivity contribution in [2.24, 2.45) is 0 Å². The fraction of sp³-hybridized carbons (Fsp3) is 0.400. The monoisotopic (exact) mass is 496 g/mol. The van der Waals surface area contributed by atoms with E-state index in [0.29, 0.717) is 5.39 Å². The summed E-state index contributed by atoms with van der Waals surface area (Å²) in [5.41, 5.74) is 0.915. The number of nitrogens with one attached hydrogen (secondary N) is 1. The normalized spacial score (nSPS) is 15.3. The smallest absolute Gasteiger partial charge is 0.243 e. The van der Waals surface area contributed by atoms with E-state index in [-0.39, 0.29) is 49.4 Å². The molecule has 2 amide bonds. The number of halogens is 1. The summed E-state index contributed by atoms with van der Waals surface area (Å²) < 4.78 is 29.1. The number of piperazine rings is 1. The standard InChI is InChI=1S/C20H25BrN4O4S/c1-14(26)22-13-19(27)24-9-11-25(12-10-24)30(28,29)18-6-4-5-16-15(18)7-8-17(21)20(16)23(2)3/h4-8H,9-13H2,1-3H3,(H,22,26). The molecule has 1 heterocycles. The SMILES string of the molecule is CC(=O)NCC(=O)N1CCN(S(=O)(=O)c2cccc3c(N(C)C)c(Br)ccc23)CC1. The molecule has 8 nitrogen and oxygen atoms in total. The summed E-state index contributed by atoms with van der Waals surface area (Å²) in [7, 11) is 0.102. The number of hydrogen-bond donors (Lipinski definition) is 1. The lowest BCUT2D eigenvalue weighted by Gasteiger charge is -2.34. The molecule has 0 bridgehead atoms. The van der Waals surface area contributed by atoms with Crippen LogP contribution in [0.5, 0.6) is 0 Å². The number of fused-ring (bicyclic) bond motifs is 1. The zero-order chi connectivity index (χ0) is 22.1. The highest BCUT2D eigenvalue weighted by atomic mass is 79.9. The Balaban J connectivity index is 1.85. The number of hydrogen-bond acceptors (Lipinski definition) is 5. The maximum Gasteiger partial charge on any atom is 0.243 e. The van der Waals surface area contributed by atoms with E-state index in [4.69, 9.17) is 0 Å². The summed E-state index contributed by atoms with van der Waals surface area (Å²) in [5.74, 6) is -0.489. The van der Waals surface area contributed by atoms with Gasteiger partial charge in [0.15, 0.2) is 0 Å². The molecule has 3 rings (SSSR count). The van der Waals surface area contributed by atoms with Crippen molar-refractivity contribution in [3.8, 4) is 0 Å². The van der Waals surface area contributed by atoms with Crippen molar-refractivity contribution >= 4 is 54.2 Å². The maximum atomic E-state index is 13.4. The second-order valence-corrected chi connectivity index (χ2v) is 10.1. The van der Waals surface area contributed by atoms with Gasteiger partial charge in [-0.05, 0) is 28.1 Å². The van der Waals surface area contributed by atoms with Gasteiger partial charge in [0.1, 0.15) is 0 Å². The fourth-order valence-corrected chi connectivity index (χ4v) is 5.92. The minimum absolute atomic E-state index is 0.0758. The van der Waals surface area contributed by atoms with E-state index in [1.165, 1.54) is 11.2 Å². The number of carbonyl (C=O) groups excluding carboxylic acids is 2. The molecule has 0 radical (unpaired) electrons. The van der Waals surface area contributed by atoms with Gasteiger partial charge >= 0.3 is 0 Å². The number of carbonyl (C=O) groups is 2. The second-order valence-electron chi connectivity index (χ2n) is 7.34. The number of anilines is 1. The van der Waals surface area contributed by atoms with Gasteiger partial charge in [0.2, 0.25) is 21.8 Å². The van der Waals surface area contributed by atoms with Crippen LogP contribution in [0.25, 0.3) is 10.8 Å². The lowest BCUT2D eigenvalue weighted by molar-refractivity contribution is -0.133. The summed E-state index contributed by atoms with van der Waals surface area (Å²) in [6, 6.07) is 8.95. The molecule has 1 aliphatic rings. The third-order valence-electron chi connectivity index (χ3n) is 5.09. The molecule has 2 aromatic carbocycles. The molecule has 0 aromatic heterocycles. The van der Waals surface area contributed by atoms with Gasteiger partial charge in [-0.15, -0.1) is 0 Å². The van der Waals surface area contributed by atoms with E-state index in [1.54, 1.807) is 17.0 Å². The lowest BCUT2D eigenvalue weighted by atomic mass is 10.1. The van der Waals surface area contributed by atoms with Crippen LogP contribution in [0, 0.1) is 0 Å². The van der Waals surface area contributed by atoms with Crippen LogP contribution in [0.4, 0.5) is 5.69 Å². The predicted molar refractivity (Wildman–Crippen MR) is 120 cm³/mol. The van der Waals surface area contributed by atoms with Crippen LogP contribution in [-0.4, -0.2) is 76.3 Å². The molecule has 1 N–H and O–H groups in total. The summed E-state index contributed by atoms with van der Waals surface area (Å²) >= 11 is 3.55. The van der Waals surface area contributed by atoms with Crippen molar-refractivity contribution in [2.45, 2.75) is 11.8 Å². The first kappa shape index (κ1) is 22.5. The van der Waals surface area contributed by atoms with E-state index in [1.807, 2.05) is 37.2 Å². The molecule has 1 saturated heterocycles. The molecule has 10 heteroatoms. The van der Waals surface area contributed by atoms with Crippen LogP contribution in [0.3, 0.4) is 0 Å². The Bertz CT molecular complexity index is 1080.